The molecule has 116 valence electrons. The molecule has 4 N–H and O–H groups in total. The number of hydrogen-bond acceptors (Lipinski definition) is 7. The van der Waals surface area contributed by atoms with E-state index in [9.17, 15) is 15.0 Å². The predicted molar refractivity (Wildman–Crippen MR) is 75.5 cm³/mol. The van der Waals surface area contributed by atoms with Crippen molar-refractivity contribution in [2.75, 3.05) is 27.7 Å². The Hall–Kier alpha value is -1.03. The summed E-state index contributed by atoms with van der Waals surface area (Å²) in [5.74, 6) is 0. The summed E-state index contributed by atoms with van der Waals surface area (Å²) in [6.45, 7) is -0.143. The zero-order valence-corrected chi connectivity index (χ0v) is 12.5. The Labute approximate surface area is 121 Å². The number of rotatable bonds is 3. The number of amidine groups is 1. The van der Waals surface area contributed by atoms with Crippen molar-refractivity contribution >= 4 is 23.0 Å². The van der Waals surface area contributed by atoms with Crippen molar-refractivity contribution in [3.8, 4) is 0 Å². The second-order valence-electron chi connectivity index (χ2n) is 4.55. The first-order valence-corrected chi connectivity index (χ1v) is 6.97. The summed E-state index contributed by atoms with van der Waals surface area (Å²) < 4.78 is 10.5. The highest BCUT2D eigenvalue weighted by atomic mass is 32.2. The van der Waals surface area contributed by atoms with Gasteiger partial charge in [-0.1, -0.05) is 11.8 Å². The van der Waals surface area contributed by atoms with Gasteiger partial charge in [0.15, 0.2) is 5.17 Å². The summed E-state index contributed by atoms with van der Waals surface area (Å²) >= 11 is 1.15. The lowest BCUT2D eigenvalue weighted by atomic mass is 10.0. The van der Waals surface area contributed by atoms with Crippen molar-refractivity contribution in [1.29, 1.82) is 0 Å². The van der Waals surface area contributed by atoms with E-state index in [2.05, 4.69) is 4.99 Å². The van der Waals surface area contributed by atoms with Crippen molar-refractivity contribution in [1.82, 2.24) is 4.90 Å². The number of aliphatic hydroxyl groups excluding tert-OH is 2. The molecule has 1 heterocycles. The van der Waals surface area contributed by atoms with Crippen LogP contribution in [-0.2, 0) is 9.47 Å². The van der Waals surface area contributed by atoms with Crippen LogP contribution >= 0.6 is 11.8 Å². The van der Waals surface area contributed by atoms with E-state index < -0.39 is 29.8 Å². The molecule has 0 radical (unpaired) electrons. The fourth-order valence-corrected chi connectivity index (χ4v) is 2.47. The number of nitrogens with two attached hydrogens (primary N) is 1. The van der Waals surface area contributed by atoms with Crippen LogP contribution in [0.2, 0.25) is 0 Å². The fraction of sp³-hybridized carbons (Fsp3) is 0.818. The second-order valence-corrected chi connectivity index (χ2v) is 5.73. The lowest BCUT2D eigenvalue weighted by Crippen LogP contribution is -2.50. The molecule has 1 aliphatic heterocycles. The number of hydrogen-bond donors (Lipinski definition) is 3. The van der Waals surface area contributed by atoms with Crippen molar-refractivity contribution in [3.63, 3.8) is 0 Å². The summed E-state index contributed by atoms with van der Waals surface area (Å²) in [5, 5.41) is 20.0. The fourth-order valence-electron chi connectivity index (χ4n) is 1.60. The Kier molecular flexibility index (Phi) is 6.53. The minimum absolute atomic E-state index is 0.143. The van der Waals surface area contributed by atoms with E-state index in [-0.39, 0.29) is 13.0 Å². The molecule has 0 bridgehead atoms. The SMILES string of the molecule is CN=C(N)SC1CC(O)C(O)C(COC(=O)N(C)C)O1. The van der Waals surface area contributed by atoms with Gasteiger partial charge in [0.25, 0.3) is 0 Å². The molecule has 0 aliphatic carbocycles. The molecule has 0 aromatic carbocycles. The molecule has 9 heteroatoms. The van der Waals surface area contributed by atoms with E-state index >= 15 is 0 Å². The third kappa shape index (κ3) is 4.82. The molecule has 0 aromatic rings. The monoisotopic (exact) mass is 307 g/mol. The molecule has 4 unspecified atom stereocenters. The molecule has 0 aromatic heterocycles. The van der Waals surface area contributed by atoms with E-state index in [1.165, 1.54) is 4.90 Å². The van der Waals surface area contributed by atoms with Gasteiger partial charge in [-0.25, -0.2) is 4.79 Å². The van der Waals surface area contributed by atoms with Crippen molar-refractivity contribution in [2.24, 2.45) is 10.7 Å². The number of thioether (sulfide) groups is 1. The number of carbonyl (C=O) groups is 1. The summed E-state index contributed by atoms with van der Waals surface area (Å²) in [4.78, 5) is 16.4. The summed E-state index contributed by atoms with van der Waals surface area (Å²) in [6, 6.07) is 0. The molecule has 0 saturated carbocycles. The minimum atomic E-state index is -1.11. The summed E-state index contributed by atoms with van der Waals surface area (Å²) in [7, 11) is 4.64. The molecule has 20 heavy (non-hydrogen) atoms. The quantitative estimate of drug-likeness (QED) is 0.461. The van der Waals surface area contributed by atoms with Gasteiger partial charge in [-0.2, -0.15) is 0 Å². The highest BCUT2D eigenvalue weighted by Gasteiger charge is 2.38. The first-order chi connectivity index (χ1) is 9.35. The number of amides is 1. The predicted octanol–water partition coefficient (Wildman–Crippen LogP) is -0.801. The van der Waals surface area contributed by atoms with Gasteiger partial charge in [0.2, 0.25) is 0 Å². The van der Waals surface area contributed by atoms with Gasteiger partial charge < -0.3 is 30.3 Å². The molecular formula is C11H21N3O5S. The van der Waals surface area contributed by atoms with Crippen molar-refractivity contribution in [2.45, 2.75) is 30.2 Å². The third-order valence-electron chi connectivity index (χ3n) is 2.74. The van der Waals surface area contributed by atoms with E-state index in [1.54, 1.807) is 21.1 Å². The molecule has 1 amide bonds. The Morgan fingerprint density at radius 1 is 1.55 bits per heavy atom. The van der Waals surface area contributed by atoms with Crippen molar-refractivity contribution < 1.29 is 24.5 Å². The number of carbonyl (C=O) groups excluding carboxylic acids is 1. The van der Waals surface area contributed by atoms with Gasteiger partial charge in [0.1, 0.15) is 24.3 Å². The molecular weight excluding hydrogens is 286 g/mol. The molecule has 1 saturated heterocycles. The first kappa shape index (κ1) is 17.0. The average Bonchev–Trinajstić information content (AvgIpc) is 2.40. The maximum absolute atomic E-state index is 11.3. The number of aliphatic imine (C=N–C) groups is 1. The Morgan fingerprint density at radius 3 is 2.75 bits per heavy atom. The van der Waals surface area contributed by atoms with Crippen LogP contribution in [-0.4, -0.2) is 77.9 Å². The highest BCUT2D eigenvalue weighted by molar-refractivity contribution is 8.14. The topological polar surface area (TPSA) is 118 Å². The van der Waals surface area contributed by atoms with E-state index in [4.69, 9.17) is 15.2 Å². The largest absolute Gasteiger partial charge is 0.447 e. The van der Waals surface area contributed by atoms with Gasteiger partial charge >= 0.3 is 6.09 Å². The minimum Gasteiger partial charge on any atom is -0.447 e. The maximum Gasteiger partial charge on any atom is 0.409 e. The number of nitrogens with zero attached hydrogens (tertiary/aromatic N) is 2. The lowest BCUT2D eigenvalue weighted by molar-refractivity contribution is -0.157. The van der Waals surface area contributed by atoms with Crippen LogP contribution in [0.25, 0.3) is 0 Å². The third-order valence-corrected chi connectivity index (χ3v) is 3.73. The summed E-state index contributed by atoms with van der Waals surface area (Å²) in [6.07, 6.45) is -3.19. The normalized spacial score (nSPS) is 30.9. The summed E-state index contributed by atoms with van der Waals surface area (Å²) in [5.41, 5.74) is 5.14. The standard InChI is InChI=1S/C11H21N3O5S/c1-13-10(12)20-8-4-6(15)9(16)7(19-8)5-18-11(17)14(2)3/h6-9,15-16H,4-5H2,1-3H3,(H2,12,13). The highest BCUT2D eigenvalue weighted by Crippen LogP contribution is 2.28. The van der Waals surface area contributed by atoms with E-state index in [0.29, 0.717) is 5.17 Å². The van der Waals surface area contributed by atoms with Gasteiger partial charge in [-0.05, 0) is 0 Å². The Morgan fingerprint density at radius 2 is 2.20 bits per heavy atom. The van der Waals surface area contributed by atoms with Crippen LogP contribution in [0.3, 0.4) is 0 Å². The zero-order chi connectivity index (χ0) is 15.3. The molecule has 1 aliphatic rings. The number of ether oxygens (including phenoxy) is 2. The molecule has 1 fully saturated rings. The smallest absolute Gasteiger partial charge is 0.409 e. The van der Waals surface area contributed by atoms with Crippen LogP contribution in [0.15, 0.2) is 4.99 Å². The average molecular weight is 307 g/mol. The molecule has 4 atom stereocenters. The maximum atomic E-state index is 11.3. The molecule has 0 spiro atoms. The van der Waals surface area contributed by atoms with Crippen LogP contribution in [0.4, 0.5) is 4.79 Å². The lowest BCUT2D eigenvalue weighted by Gasteiger charge is -2.36. The molecule has 8 nitrogen and oxygen atoms in total. The Bertz CT molecular complexity index is 366. The molecule has 1 rings (SSSR count). The van der Waals surface area contributed by atoms with Gasteiger partial charge in [0, 0.05) is 27.6 Å². The van der Waals surface area contributed by atoms with Crippen LogP contribution in [0, 0.1) is 0 Å². The van der Waals surface area contributed by atoms with Crippen LogP contribution < -0.4 is 5.73 Å². The van der Waals surface area contributed by atoms with Crippen LogP contribution in [0.1, 0.15) is 6.42 Å². The number of aliphatic hydroxyl groups is 2. The van der Waals surface area contributed by atoms with Crippen molar-refractivity contribution in [3.05, 3.63) is 0 Å². The van der Waals surface area contributed by atoms with E-state index in [1.807, 2.05) is 0 Å². The van der Waals surface area contributed by atoms with Gasteiger partial charge in [-0.15, -0.1) is 0 Å². The van der Waals surface area contributed by atoms with Crippen LogP contribution in [0.5, 0.6) is 0 Å². The van der Waals surface area contributed by atoms with Gasteiger partial charge in [-0.3, -0.25) is 4.99 Å². The first-order valence-electron chi connectivity index (χ1n) is 6.09. The zero-order valence-electron chi connectivity index (χ0n) is 11.7. The van der Waals surface area contributed by atoms with E-state index in [0.717, 1.165) is 11.8 Å². The Balaban J connectivity index is 2.57. The second kappa shape index (κ2) is 7.67. The van der Waals surface area contributed by atoms with Gasteiger partial charge in [0.05, 0.1) is 6.10 Å².